The standard InChI is InChI=1S/C14H23BrN2.2ClH/c1-3-17(4-2)10-6-9-16-12-13-7-5-8-14(15)11-13;;/h5,7-8,11,16H,3-4,6,9-10,12H2,1-2H3;2*1H. The molecule has 112 valence electrons. The van der Waals surface area contributed by atoms with Crippen molar-refractivity contribution in [3.8, 4) is 0 Å². The first-order valence-corrected chi connectivity index (χ1v) is 7.23. The van der Waals surface area contributed by atoms with E-state index >= 15 is 0 Å². The average Bonchev–Trinajstić information content (AvgIpc) is 2.34. The Morgan fingerprint density at radius 3 is 2.42 bits per heavy atom. The van der Waals surface area contributed by atoms with Gasteiger partial charge < -0.3 is 10.2 Å². The van der Waals surface area contributed by atoms with E-state index in [1.54, 1.807) is 0 Å². The molecule has 0 amide bonds. The van der Waals surface area contributed by atoms with Crippen molar-refractivity contribution in [2.75, 3.05) is 26.2 Å². The highest BCUT2D eigenvalue weighted by Crippen LogP contribution is 2.11. The van der Waals surface area contributed by atoms with Gasteiger partial charge in [-0.2, -0.15) is 0 Å². The van der Waals surface area contributed by atoms with E-state index in [1.807, 2.05) is 0 Å². The number of hydrogen-bond donors (Lipinski definition) is 1. The molecule has 0 atom stereocenters. The lowest BCUT2D eigenvalue weighted by Gasteiger charge is -2.17. The predicted molar refractivity (Wildman–Crippen MR) is 92.7 cm³/mol. The van der Waals surface area contributed by atoms with E-state index in [0.29, 0.717) is 0 Å². The van der Waals surface area contributed by atoms with Gasteiger partial charge in [-0.15, -0.1) is 24.8 Å². The van der Waals surface area contributed by atoms with Crippen molar-refractivity contribution >= 4 is 40.7 Å². The van der Waals surface area contributed by atoms with E-state index in [1.165, 1.54) is 18.5 Å². The number of hydrogen-bond acceptors (Lipinski definition) is 2. The summed E-state index contributed by atoms with van der Waals surface area (Å²) in [5.74, 6) is 0. The molecule has 1 N–H and O–H groups in total. The SMILES string of the molecule is CCN(CC)CCCNCc1cccc(Br)c1.Cl.Cl. The van der Waals surface area contributed by atoms with Crippen LogP contribution in [0.25, 0.3) is 0 Å². The molecule has 2 nitrogen and oxygen atoms in total. The van der Waals surface area contributed by atoms with E-state index < -0.39 is 0 Å². The summed E-state index contributed by atoms with van der Waals surface area (Å²) in [5, 5.41) is 3.48. The smallest absolute Gasteiger partial charge is 0.0205 e. The molecule has 0 fully saturated rings. The van der Waals surface area contributed by atoms with Crippen LogP contribution in [0, 0.1) is 0 Å². The lowest BCUT2D eigenvalue weighted by atomic mass is 10.2. The van der Waals surface area contributed by atoms with Crippen molar-refractivity contribution in [2.24, 2.45) is 0 Å². The van der Waals surface area contributed by atoms with Gasteiger partial charge in [0.1, 0.15) is 0 Å². The quantitative estimate of drug-likeness (QED) is 0.691. The van der Waals surface area contributed by atoms with Crippen LogP contribution in [0.3, 0.4) is 0 Å². The zero-order chi connectivity index (χ0) is 12.5. The molecule has 0 spiro atoms. The average molecular weight is 372 g/mol. The molecule has 1 rings (SSSR count). The Balaban J connectivity index is 0. The van der Waals surface area contributed by atoms with Crippen molar-refractivity contribution in [2.45, 2.75) is 26.8 Å². The third kappa shape index (κ3) is 9.69. The van der Waals surface area contributed by atoms with Crippen LogP contribution in [0.15, 0.2) is 28.7 Å². The summed E-state index contributed by atoms with van der Waals surface area (Å²) in [6.45, 7) is 9.99. The maximum Gasteiger partial charge on any atom is 0.0205 e. The molecule has 19 heavy (non-hydrogen) atoms. The van der Waals surface area contributed by atoms with Crippen LogP contribution in [0.1, 0.15) is 25.8 Å². The molecule has 5 heteroatoms. The molecular formula is C14H25BrCl2N2. The second-order valence-corrected chi connectivity index (χ2v) is 5.10. The van der Waals surface area contributed by atoms with Crippen LogP contribution in [-0.2, 0) is 6.54 Å². The molecule has 0 unspecified atom stereocenters. The van der Waals surface area contributed by atoms with E-state index in [4.69, 9.17) is 0 Å². The van der Waals surface area contributed by atoms with Gasteiger partial charge in [0, 0.05) is 11.0 Å². The summed E-state index contributed by atoms with van der Waals surface area (Å²) in [4.78, 5) is 2.46. The molecule has 1 aromatic carbocycles. The van der Waals surface area contributed by atoms with Gasteiger partial charge in [-0.05, 0) is 50.3 Å². The lowest BCUT2D eigenvalue weighted by molar-refractivity contribution is 0.298. The highest BCUT2D eigenvalue weighted by molar-refractivity contribution is 9.10. The van der Waals surface area contributed by atoms with Gasteiger partial charge in [0.2, 0.25) is 0 Å². The van der Waals surface area contributed by atoms with E-state index in [-0.39, 0.29) is 24.8 Å². The summed E-state index contributed by atoms with van der Waals surface area (Å²) >= 11 is 3.49. The normalized spacial score (nSPS) is 9.89. The van der Waals surface area contributed by atoms with Gasteiger partial charge >= 0.3 is 0 Å². The fraction of sp³-hybridized carbons (Fsp3) is 0.571. The minimum Gasteiger partial charge on any atom is -0.313 e. The summed E-state index contributed by atoms with van der Waals surface area (Å²) in [6.07, 6.45) is 1.22. The molecule has 0 saturated carbocycles. The predicted octanol–water partition coefficient (Wildman–Crippen LogP) is 4.11. The second-order valence-electron chi connectivity index (χ2n) is 4.19. The van der Waals surface area contributed by atoms with Gasteiger partial charge in [-0.25, -0.2) is 0 Å². The van der Waals surface area contributed by atoms with Gasteiger partial charge in [-0.1, -0.05) is 41.9 Å². The maximum absolute atomic E-state index is 3.49. The number of nitrogens with one attached hydrogen (secondary N) is 1. The zero-order valence-corrected chi connectivity index (χ0v) is 14.9. The second kappa shape index (κ2) is 13.2. The van der Waals surface area contributed by atoms with Crippen molar-refractivity contribution in [3.63, 3.8) is 0 Å². The van der Waals surface area contributed by atoms with E-state index in [2.05, 4.69) is 64.3 Å². The first-order valence-electron chi connectivity index (χ1n) is 6.43. The molecule has 0 saturated heterocycles. The molecule has 1 aromatic rings. The first kappa shape index (κ1) is 21.5. The van der Waals surface area contributed by atoms with Gasteiger partial charge in [0.25, 0.3) is 0 Å². The Hall–Kier alpha value is 0.200. The number of nitrogens with zero attached hydrogens (tertiary/aromatic N) is 1. The summed E-state index contributed by atoms with van der Waals surface area (Å²) in [6, 6.07) is 8.46. The monoisotopic (exact) mass is 370 g/mol. The largest absolute Gasteiger partial charge is 0.313 e. The van der Waals surface area contributed by atoms with Crippen molar-refractivity contribution in [3.05, 3.63) is 34.3 Å². The van der Waals surface area contributed by atoms with E-state index in [9.17, 15) is 0 Å². The summed E-state index contributed by atoms with van der Waals surface area (Å²) < 4.78 is 1.15. The Kier molecular flexibility index (Phi) is 14.9. The highest BCUT2D eigenvalue weighted by Gasteiger charge is 1.98. The van der Waals surface area contributed by atoms with Crippen LogP contribution < -0.4 is 5.32 Å². The Morgan fingerprint density at radius 1 is 1.16 bits per heavy atom. The Morgan fingerprint density at radius 2 is 1.84 bits per heavy atom. The molecule has 0 heterocycles. The molecule has 0 bridgehead atoms. The summed E-state index contributed by atoms with van der Waals surface area (Å²) in [7, 11) is 0. The summed E-state index contributed by atoms with van der Waals surface area (Å²) in [5.41, 5.74) is 1.34. The fourth-order valence-corrected chi connectivity index (χ4v) is 2.29. The number of rotatable bonds is 8. The minimum atomic E-state index is 0. The zero-order valence-electron chi connectivity index (χ0n) is 11.7. The van der Waals surface area contributed by atoms with Crippen LogP contribution in [0.4, 0.5) is 0 Å². The lowest BCUT2D eigenvalue weighted by Crippen LogP contribution is -2.27. The maximum atomic E-state index is 3.49. The van der Waals surface area contributed by atoms with Crippen molar-refractivity contribution in [1.29, 1.82) is 0 Å². The molecule has 0 aromatic heterocycles. The van der Waals surface area contributed by atoms with Crippen LogP contribution >= 0.6 is 40.7 Å². The minimum absolute atomic E-state index is 0. The van der Waals surface area contributed by atoms with E-state index in [0.717, 1.165) is 30.7 Å². The highest BCUT2D eigenvalue weighted by atomic mass is 79.9. The van der Waals surface area contributed by atoms with Gasteiger partial charge in [0.05, 0.1) is 0 Å². The van der Waals surface area contributed by atoms with Gasteiger partial charge in [0.15, 0.2) is 0 Å². The van der Waals surface area contributed by atoms with Crippen molar-refractivity contribution < 1.29 is 0 Å². The third-order valence-corrected chi connectivity index (χ3v) is 3.43. The number of benzene rings is 1. The van der Waals surface area contributed by atoms with Crippen LogP contribution in [0.2, 0.25) is 0 Å². The van der Waals surface area contributed by atoms with Crippen LogP contribution in [0.5, 0.6) is 0 Å². The fourth-order valence-electron chi connectivity index (χ4n) is 1.85. The van der Waals surface area contributed by atoms with Crippen LogP contribution in [-0.4, -0.2) is 31.1 Å². The molecule has 0 aliphatic heterocycles. The molecular weight excluding hydrogens is 347 g/mol. The van der Waals surface area contributed by atoms with Crippen molar-refractivity contribution in [1.82, 2.24) is 10.2 Å². The van der Waals surface area contributed by atoms with Gasteiger partial charge in [-0.3, -0.25) is 0 Å². The molecule has 0 aliphatic carbocycles. The molecule has 0 radical (unpaired) electrons. The first-order chi connectivity index (χ1) is 8.26. The number of halogens is 3. The third-order valence-electron chi connectivity index (χ3n) is 2.94. The Bertz CT molecular complexity index is 320. The Labute approximate surface area is 138 Å². The topological polar surface area (TPSA) is 15.3 Å². The molecule has 0 aliphatic rings.